The molecule has 2 rings (SSSR count). The van der Waals surface area contributed by atoms with Gasteiger partial charge < -0.3 is 20.4 Å². The van der Waals surface area contributed by atoms with Crippen LogP contribution < -0.4 is 5.73 Å². The SMILES string of the molecule is NC(=NOCC1(CO)COC1)C1CCCCC1. The van der Waals surface area contributed by atoms with E-state index in [1.807, 2.05) is 0 Å². The van der Waals surface area contributed by atoms with E-state index in [2.05, 4.69) is 5.16 Å². The fraction of sp³-hybridized carbons (Fsp3) is 0.917. The molecule has 1 aliphatic carbocycles. The zero-order valence-electron chi connectivity index (χ0n) is 10.2. The fourth-order valence-corrected chi connectivity index (χ4v) is 2.33. The van der Waals surface area contributed by atoms with Gasteiger partial charge in [-0.25, -0.2) is 0 Å². The molecule has 0 aromatic rings. The molecule has 0 radical (unpaired) electrons. The van der Waals surface area contributed by atoms with Crippen molar-refractivity contribution in [2.45, 2.75) is 32.1 Å². The van der Waals surface area contributed by atoms with Crippen LogP contribution in [0.4, 0.5) is 0 Å². The normalized spacial score (nSPS) is 25.4. The maximum absolute atomic E-state index is 9.21. The van der Waals surface area contributed by atoms with E-state index in [1.54, 1.807) is 0 Å². The van der Waals surface area contributed by atoms with Crippen molar-refractivity contribution in [2.24, 2.45) is 22.2 Å². The Morgan fingerprint density at radius 3 is 2.59 bits per heavy atom. The number of amidine groups is 1. The van der Waals surface area contributed by atoms with Crippen LogP contribution in [0.15, 0.2) is 5.16 Å². The van der Waals surface area contributed by atoms with Crippen molar-refractivity contribution in [3.05, 3.63) is 0 Å². The molecule has 0 atom stereocenters. The van der Waals surface area contributed by atoms with Gasteiger partial charge in [-0.2, -0.15) is 0 Å². The molecule has 1 heterocycles. The molecule has 2 aliphatic rings. The van der Waals surface area contributed by atoms with Crippen LogP contribution >= 0.6 is 0 Å². The Hall–Kier alpha value is -0.810. The van der Waals surface area contributed by atoms with Crippen LogP contribution in [0.2, 0.25) is 0 Å². The summed E-state index contributed by atoms with van der Waals surface area (Å²) < 4.78 is 5.08. The second-order valence-electron chi connectivity index (χ2n) is 5.28. The average molecular weight is 242 g/mol. The van der Waals surface area contributed by atoms with Crippen molar-refractivity contribution in [3.8, 4) is 0 Å². The third-order valence-electron chi connectivity index (χ3n) is 3.72. The van der Waals surface area contributed by atoms with Gasteiger partial charge in [-0.15, -0.1) is 0 Å². The Labute approximate surface area is 102 Å². The molecule has 0 aromatic carbocycles. The van der Waals surface area contributed by atoms with Crippen LogP contribution in [0.25, 0.3) is 0 Å². The molecule has 98 valence electrons. The number of nitrogens with two attached hydrogens (primary N) is 1. The zero-order valence-corrected chi connectivity index (χ0v) is 10.2. The van der Waals surface area contributed by atoms with Gasteiger partial charge in [-0.05, 0) is 12.8 Å². The number of hydrogen-bond acceptors (Lipinski definition) is 4. The van der Waals surface area contributed by atoms with Gasteiger partial charge in [0.25, 0.3) is 0 Å². The first kappa shape index (κ1) is 12.6. The van der Waals surface area contributed by atoms with Crippen LogP contribution in [0.3, 0.4) is 0 Å². The quantitative estimate of drug-likeness (QED) is 0.426. The minimum atomic E-state index is -0.254. The molecule has 0 amide bonds. The predicted molar refractivity (Wildman–Crippen MR) is 64.5 cm³/mol. The number of aliphatic hydroxyl groups excluding tert-OH is 1. The van der Waals surface area contributed by atoms with Crippen LogP contribution in [-0.4, -0.2) is 37.4 Å². The largest absolute Gasteiger partial charge is 0.395 e. The summed E-state index contributed by atoms with van der Waals surface area (Å²) in [6.07, 6.45) is 6.00. The van der Waals surface area contributed by atoms with E-state index < -0.39 is 0 Å². The van der Waals surface area contributed by atoms with Gasteiger partial charge in [0.15, 0.2) is 0 Å². The summed E-state index contributed by atoms with van der Waals surface area (Å²) in [5, 5.41) is 13.2. The molecule has 0 spiro atoms. The molecular formula is C12H22N2O3. The van der Waals surface area contributed by atoms with Gasteiger partial charge in [0.05, 0.1) is 25.2 Å². The Bertz CT molecular complexity index is 265. The summed E-state index contributed by atoms with van der Waals surface area (Å²) in [5.74, 6) is 0.990. The third-order valence-corrected chi connectivity index (χ3v) is 3.72. The van der Waals surface area contributed by atoms with Crippen LogP contribution in [0, 0.1) is 11.3 Å². The standard InChI is InChI=1S/C12H22N2O3/c13-11(10-4-2-1-3-5-10)14-17-9-12(6-15)7-16-8-12/h10,15H,1-9H2,(H2,13,14). The highest BCUT2D eigenvalue weighted by molar-refractivity contribution is 5.82. The first-order valence-electron chi connectivity index (χ1n) is 6.40. The van der Waals surface area contributed by atoms with Gasteiger partial charge >= 0.3 is 0 Å². The molecule has 2 fully saturated rings. The van der Waals surface area contributed by atoms with Crippen molar-refractivity contribution < 1.29 is 14.7 Å². The summed E-state index contributed by atoms with van der Waals surface area (Å²) >= 11 is 0. The Balaban J connectivity index is 1.75. The van der Waals surface area contributed by atoms with E-state index in [-0.39, 0.29) is 12.0 Å². The molecular weight excluding hydrogens is 220 g/mol. The summed E-state index contributed by atoms with van der Waals surface area (Å²) in [6, 6.07) is 0. The van der Waals surface area contributed by atoms with Gasteiger partial charge in [0.2, 0.25) is 0 Å². The van der Waals surface area contributed by atoms with E-state index in [0.717, 1.165) is 12.8 Å². The molecule has 0 unspecified atom stereocenters. The number of ether oxygens (including phenoxy) is 1. The average Bonchev–Trinajstić information content (AvgIpc) is 2.33. The highest BCUT2D eigenvalue weighted by atomic mass is 16.6. The molecule has 0 aromatic heterocycles. The Morgan fingerprint density at radius 2 is 2.06 bits per heavy atom. The molecule has 0 bridgehead atoms. The summed E-state index contributed by atoms with van der Waals surface area (Å²) in [4.78, 5) is 5.27. The lowest BCUT2D eigenvalue weighted by molar-refractivity contribution is -0.168. The van der Waals surface area contributed by atoms with Gasteiger partial charge in [0.1, 0.15) is 12.4 Å². The van der Waals surface area contributed by atoms with E-state index in [9.17, 15) is 5.11 Å². The number of hydrogen-bond donors (Lipinski definition) is 2. The summed E-state index contributed by atoms with van der Waals surface area (Å²) in [6.45, 7) is 1.55. The number of oxime groups is 1. The molecule has 5 heteroatoms. The smallest absolute Gasteiger partial charge is 0.142 e. The van der Waals surface area contributed by atoms with E-state index in [1.165, 1.54) is 19.3 Å². The Morgan fingerprint density at radius 1 is 1.35 bits per heavy atom. The third kappa shape index (κ3) is 3.10. The lowest BCUT2D eigenvalue weighted by Crippen LogP contribution is -2.49. The highest BCUT2D eigenvalue weighted by Crippen LogP contribution is 2.27. The number of rotatable bonds is 5. The molecule has 17 heavy (non-hydrogen) atoms. The zero-order chi connectivity index (χ0) is 12.1. The number of aliphatic hydroxyl groups is 1. The van der Waals surface area contributed by atoms with Crippen molar-refractivity contribution in [1.82, 2.24) is 0 Å². The maximum Gasteiger partial charge on any atom is 0.142 e. The van der Waals surface area contributed by atoms with Crippen LogP contribution in [0.5, 0.6) is 0 Å². The monoisotopic (exact) mass is 242 g/mol. The van der Waals surface area contributed by atoms with E-state index in [4.69, 9.17) is 15.3 Å². The van der Waals surface area contributed by atoms with Crippen molar-refractivity contribution >= 4 is 5.84 Å². The molecule has 3 N–H and O–H groups in total. The van der Waals surface area contributed by atoms with Gasteiger partial charge in [0, 0.05) is 5.92 Å². The van der Waals surface area contributed by atoms with E-state index in [0.29, 0.717) is 31.6 Å². The van der Waals surface area contributed by atoms with Crippen molar-refractivity contribution in [1.29, 1.82) is 0 Å². The van der Waals surface area contributed by atoms with Gasteiger partial charge in [-0.3, -0.25) is 0 Å². The maximum atomic E-state index is 9.21. The van der Waals surface area contributed by atoms with Crippen LogP contribution in [-0.2, 0) is 9.57 Å². The summed E-state index contributed by atoms with van der Waals surface area (Å²) in [5.41, 5.74) is 5.66. The number of nitrogens with zero attached hydrogens (tertiary/aromatic N) is 1. The lowest BCUT2D eigenvalue weighted by atomic mass is 9.88. The fourth-order valence-electron chi connectivity index (χ4n) is 2.33. The Kier molecular flexibility index (Phi) is 4.23. The topological polar surface area (TPSA) is 77.1 Å². The predicted octanol–water partition coefficient (Wildman–Crippen LogP) is 0.864. The highest BCUT2D eigenvalue weighted by Gasteiger charge is 2.39. The minimum Gasteiger partial charge on any atom is -0.395 e. The first-order chi connectivity index (χ1) is 8.26. The molecule has 5 nitrogen and oxygen atoms in total. The van der Waals surface area contributed by atoms with Gasteiger partial charge in [-0.1, -0.05) is 24.4 Å². The first-order valence-corrected chi connectivity index (χ1v) is 6.40. The molecule has 1 saturated carbocycles. The lowest BCUT2D eigenvalue weighted by Gasteiger charge is -2.38. The van der Waals surface area contributed by atoms with Crippen LogP contribution in [0.1, 0.15) is 32.1 Å². The minimum absolute atomic E-state index is 0.0753. The molecule has 1 saturated heterocycles. The molecule has 1 aliphatic heterocycles. The van der Waals surface area contributed by atoms with E-state index >= 15 is 0 Å². The van der Waals surface area contributed by atoms with Crippen molar-refractivity contribution in [3.63, 3.8) is 0 Å². The van der Waals surface area contributed by atoms with Crippen molar-refractivity contribution in [2.75, 3.05) is 26.4 Å². The second-order valence-corrected chi connectivity index (χ2v) is 5.28. The second kappa shape index (κ2) is 5.69. The summed E-state index contributed by atoms with van der Waals surface area (Å²) in [7, 11) is 0.